The second kappa shape index (κ2) is 11.7. The highest BCUT2D eigenvalue weighted by Gasteiger charge is 2.33. The number of nitrogens with zero attached hydrogens (tertiary/aromatic N) is 3. The van der Waals surface area contributed by atoms with Crippen LogP contribution in [0, 0.1) is 12.8 Å². The van der Waals surface area contributed by atoms with E-state index in [0.717, 1.165) is 11.1 Å². The normalized spacial score (nSPS) is 12.2. The van der Waals surface area contributed by atoms with E-state index in [1.165, 1.54) is 0 Å². The molecule has 1 unspecified atom stereocenters. The van der Waals surface area contributed by atoms with Gasteiger partial charge in [0, 0.05) is 24.7 Å². The van der Waals surface area contributed by atoms with E-state index in [0.29, 0.717) is 53.4 Å². The first-order chi connectivity index (χ1) is 17.8. The van der Waals surface area contributed by atoms with Gasteiger partial charge in [-0.1, -0.05) is 67.9 Å². The Morgan fingerprint density at radius 1 is 1.08 bits per heavy atom. The van der Waals surface area contributed by atoms with E-state index in [1.54, 1.807) is 27.6 Å². The van der Waals surface area contributed by atoms with Gasteiger partial charge in [0.2, 0.25) is 0 Å². The van der Waals surface area contributed by atoms with Crippen molar-refractivity contribution in [3.05, 3.63) is 116 Å². The van der Waals surface area contributed by atoms with Gasteiger partial charge in [0.25, 0.3) is 11.5 Å². The quantitative estimate of drug-likeness (QED) is 0.321. The molecular formula is C30H33ClN4O2. The van der Waals surface area contributed by atoms with Crippen molar-refractivity contribution in [2.24, 2.45) is 11.7 Å². The third kappa shape index (κ3) is 5.76. The van der Waals surface area contributed by atoms with Crippen LogP contribution in [0.1, 0.15) is 59.1 Å². The van der Waals surface area contributed by atoms with Crippen LogP contribution >= 0.6 is 11.6 Å². The molecule has 1 atom stereocenters. The summed E-state index contributed by atoms with van der Waals surface area (Å²) < 4.78 is 1.57. The Labute approximate surface area is 222 Å². The molecule has 0 saturated heterocycles. The second-order valence-electron chi connectivity index (χ2n) is 9.68. The molecule has 2 N–H and O–H groups in total. The van der Waals surface area contributed by atoms with E-state index in [-0.39, 0.29) is 17.4 Å². The summed E-state index contributed by atoms with van der Waals surface area (Å²) in [7, 11) is 0. The second-order valence-corrected chi connectivity index (χ2v) is 10.1. The number of hydrogen-bond donors (Lipinski definition) is 1. The number of hydrogen-bond acceptors (Lipinski definition) is 4. The van der Waals surface area contributed by atoms with Crippen LogP contribution < -0.4 is 11.3 Å². The third-order valence-electron chi connectivity index (χ3n) is 6.55. The Morgan fingerprint density at radius 3 is 2.49 bits per heavy atom. The molecule has 37 heavy (non-hydrogen) atoms. The summed E-state index contributed by atoms with van der Waals surface area (Å²) in [5.41, 5.74) is 9.89. The summed E-state index contributed by atoms with van der Waals surface area (Å²) >= 11 is 6.53. The lowest BCUT2D eigenvalue weighted by Gasteiger charge is -2.35. The van der Waals surface area contributed by atoms with E-state index in [4.69, 9.17) is 22.3 Å². The highest BCUT2D eigenvalue weighted by atomic mass is 35.5. The van der Waals surface area contributed by atoms with E-state index in [9.17, 15) is 9.59 Å². The van der Waals surface area contributed by atoms with Crippen molar-refractivity contribution in [3.8, 4) is 0 Å². The average Bonchev–Trinajstić information content (AvgIpc) is 2.88. The molecule has 0 spiro atoms. The van der Waals surface area contributed by atoms with Gasteiger partial charge in [-0.2, -0.15) is 0 Å². The fourth-order valence-corrected chi connectivity index (χ4v) is 5.07. The number of carbonyl (C=O) groups excluding carboxylic acids is 1. The molecule has 1 amide bonds. The molecule has 192 valence electrons. The summed E-state index contributed by atoms with van der Waals surface area (Å²) in [5, 5.41) is 0.404. The van der Waals surface area contributed by atoms with Gasteiger partial charge >= 0.3 is 0 Å². The van der Waals surface area contributed by atoms with E-state index >= 15 is 0 Å². The molecule has 0 aliphatic carbocycles. The number of carbonyl (C=O) groups is 1. The first kappa shape index (κ1) is 26.6. The lowest BCUT2D eigenvalue weighted by molar-refractivity contribution is 0.0614. The maximum atomic E-state index is 14.0. The lowest BCUT2D eigenvalue weighted by Crippen LogP contribution is -2.41. The van der Waals surface area contributed by atoms with Crippen LogP contribution in [0.25, 0.3) is 5.65 Å². The number of pyridine rings is 1. The lowest BCUT2D eigenvalue weighted by atomic mass is 9.92. The van der Waals surface area contributed by atoms with Crippen molar-refractivity contribution in [1.29, 1.82) is 0 Å². The van der Waals surface area contributed by atoms with Crippen molar-refractivity contribution in [2.45, 2.75) is 39.7 Å². The molecular weight excluding hydrogens is 484 g/mol. The fraction of sp³-hybridized carbons (Fsp3) is 0.300. The predicted octanol–water partition coefficient (Wildman–Crippen LogP) is 5.44. The average molecular weight is 517 g/mol. The Balaban J connectivity index is 1.92. The topological polar surface area (TPSA) is 80.7 Å². The molecule has 4 aromatic rings. The van der Waals surface area contributed by atoms with Crippen LogP contribution in [-0.4, -0.2) is 33.3 Å². The summed E-state index contributed by atoms with van der Waals surface area (Å²) in [4.78, 5) is 34.6. The van der Waals surface area contributed by atoms with Crippen LogP contribution in [0.5, 0.6) is 0 Å². The monoisotopic (exact) mass is 516 g/mol. The zero-order chi connectivity index (χ0) is 26.5. The summed E-state index contributed by atoms with van der Waals surface area (Å²) in [5.74, 6) is -0.226. The highest BCUT2D eigenvalue weighted by molar-refractivity contribution is 6.33. The van der Waals surface area contributed by atoms with Crippen molar-refractivity contribution in [1.82, 2.24) is 14.3 Å². The van der Waals surface area contributed by atoms with Gasteiger partial charge in [-0.15, -0.1) is 0 Å². The molecule has 0 fully saturated rings. The van der Waals surface area contributed by atoms with Gasteiger partial charge in [-0.3, -0.25) is 14.0 Å². The van der Waals surface area contributed by atoms with E-state index in [2.05, 4.69) is 0 Å². The zero-order valence-electron chi connectivity index (χ0n) is 21.5. The number of aromatic nitrogens is 2. The fourth-order valence-electron chi connectivity index (χ4n) is 4.75. The molecule has 6 nitrogen and oxygen atoms in total. The van der Waals surface area contributed by atoms with Crippen LogP contribution in [0.4, 0.5) is 0 Å². The molecule has 2 heterocycles. The maximum absolute atomic E-state index is 14.0. The number of amides is 1. The van der Waals surface area contributed by atoms with Crippen molar-refractivity contribution in [2.75, 3.05) is 13.1 Å². The molecule has 2 aromatic carbocycles. The van der Waals surface area contributed by atoms with Gasteiger partial charge in [0.1, 0.15) is 5.65 Å². The molecule has 0 bridgehead atoms. The minimum atomic E-state index is -0.451. The summed E-state index contributed by atoms with van der Waals surface area (Å²) in [6.45, 7) is 6.88. The first-order valence-corrected chi connectivity index (χ1v) is 13.0. The maximum Gasteiger partial charge on any atom is 0.261 e. The van der Waals surface area contributed by atoms with Crippen molar-refractivity contribution in [3.63, 3.8) is 0 Å². The van der Waals surface area contributed by atoms with Gasteiger partial charge in [0.15, 0.2) is 0 Å². The smallest absolute Gasteiger partial charge is 0.261 e. The third-order valence-corrected chi connectivity index (χ3v) is 6.86. The largest absolute Gasteiger partial charge is 0.330 e. The minimum absolute atomic E-state index is 0.0291. The number of halogens is 1. The first-order valence-electron chi connectivity index (χ1n) is 12.6. The standard InChI is InChI=1S/C30H33ClN4O2/c1-20(2)28(35(17-9-15-32)29(36)23-14-13-21(3)18-25(23)31)27-24(19-22-10-5-4-6-11-22)30(37)34-16-8-7-12-26(34)33-27/h4-8,10-14,16,18,20,28H,9,15,17,19,32H2,1-3H3. The van der Waals surface area contributed by atoms with Crippen molar-refractivity contribution >= 4 is 23.2 Å². The van der Waals surface area contributed by atoms with Gasteiger partial charge < -0.3 is 10.6 Å². The Bertz CT molecular complexity index is 1450. The van der Waals surface area contributed by atoms with Crippen LogP contribution in [0.3, 0.4) is 0 Å². The van der Waals surface area contributed by atoms with Gasteiger partial charge in [-0.05, 0) is 61.2 Å². The van der Waals surface area contributed by atoms with Crippen molar-refractivity contribution < 1.29 is 4.79 Å². The Hall–Kier alpha value is -3.48. The number of benzene rings is 2. The van der Waals surface area contributed by atoms with Gasteiger partial charge in [0.05, 0.1) is 22.3 Å². The zero-order valence-corrected chi connectivity index (χ0v) is 22.3. The molecule has 2 aromatic heterocycles. The number of aryl methyl sites for hydroxylation is 1. The van der Waals surface area contributed by atoms with Crippen LogP contribution in [-0.2, 0) is 6.42 Å². The van der Waals surface area contributed by atoms with Crippen LogP contribution in [0.15, 0.2) is 77.7 Å². The summed E-state index contributed by atoms with van der Waals surface area (Å²) in [6.07, 6.45) is 2.75. The SMILES string of the molecule is Cc1ccc(C(=O)N(CCCN)C(c2nc3ccccn3c(=O)c2Cc2ccccc2)C(C)C)c(Cl)c1. The molecule has 0 aliphatic heterocycles. The predicted molar refractivity (Wildman–Crippen MR) is 149 cm³/mol. The number of nitrogens with two attached hydrogens (primary N) is 1. The summed E-state index contributed by atoms with van der Waals surface area (Å²) in [6, 6.07) is 20.3. The molecule has 0 aliphatic rings. The molecule has 0 saturated carbocycles. The number of fused-ring (bicyclic) bond motifs is 1. The molecule has 7 heteroatoms. The Kier molecular flexibility index (Phi) is 8.41. The highest BCUT2D eigenvalue weighted by Crippen LogP contribution is 2.33. The Morgan fingerprint density at radius 2 is 1.81 bits per heavy atom. The minimum Gasteiger partial charge on any atom is -0.330 e. The number of rotatable bonds is 9. The van der Waals surface area contributed by atoms with E-state index < -0.39 is 6.04 Å². The molecule has 4 rings (SSSR count). The van der Waals surface area contributed by atoms with Crippen LogP contribution in [0.2, 0.25) is 5.02 Å². The van der Waals surface area contributed by atoms with Gasteiger partial charge in [-0.25, -0.2) is 4.98 Å². The van der Waals surface area contributed by atoms with E-state index in [1.807, 2.05) is 75.4 Å². The molecule has 0 radical (unpaired) electrons.